The zero-order chi connectivity index (χ0) is 30.6. The van der Waals surface area contributed by atoms with E-state index in [0.717, 1.165) is 0 Å². The second kappa shape index (κ2) is 8.87. The third-order valence-corrected chi connectivity index (χ3v) is 10.4. The van der Waals surface area contributed by atoms with Gasteiger partial charge < -0.3 is 19.3 Å². The largest absolute Gasteiger partial charge is 0.441 e. The van der Waals surface area contributed by atoms with Crippen LogP contribution in [0.5, 0.6) is 0 Å². The van der Waals surface area contributed by atoms with Crippen LogP contribution in [0.15, 0.2) is 39.6 Å². The van der Waals surface area contributed by atoms with E-state index < -0.39 is 87.5 Å². The summed E-state index contributed by atoms with van der Waals surface area (Å²) >= 11 is 0. The maximum atomic E-state index is 17.5. The summed E-state index contributed by atoms with van der Waals surface area (Å²) in [5, 5.41) is 11.6. The number of hydrogen-bond donors (Lipinski definition) is 2. The fourth-order valence-corrected chi connectivity index (χ4v) is 8.60. The highest BCUT2D eigenvalue weighted by Gasteiger charge is 2.80. The van der Waals surface area contributed by atoms with E-state index in [1.54, 1.807) is 32.7 Å². The lowest BCUT2D eigenvalue weighted by Crippen LogP contribution is -2.69. The molecule has 2 N–H and O–H groups in total. The molecule has 0 amide bonds. The van der Waals surface area contributed by atoms with Gasteiger partial charge in [-0.05, 0) is 52.0 Å². The molecule has 8 atom stereocenters. The van der Waals surface area contributed by atoms with Gasteiger partial charge in [-0.15, -0.1) is 0 Å². The molecular formula is C29H32F2N2O9. The summed E-state index contributed by atoms with van der Waals surface area (Å²) in [5.41, 5.74) is -8.25. The van der Waals surface area contributed by atoms with Crippen molar-refractivity contribution < 1.29 is 42.5 Å². The number of halogens is 2. The number of aromatic nitrogens is 2. The van der Waals surface area contributed by atoms with E-state index in [4.69, 9.17) is 14.2 Å². The molecule has 2 heterocycles. The highest BCUT2D eigenvalue weighted by atomic mass is 19.1. The summed E-state index contributed by atoms with van der Waals surface area (Å²) in [6.07, 6.45) is 1.62. The molecule has 226 valence electrons. The van der Waals surface area contributed by atoms with Crippen LogP contribution in [0.3, 0.4) is 0 Å². The molecule has 11 nitrogen and oxygen atoms in total. The van der Waals surface area contributed by atoms with E-state index in [-0.39, 0.29) is 36.0 Å². The number of hydrogen-bond acceptors (Lipinski definition) is 9. The number of ketones is 2. The molecule has 2 saturated carbocycles. The van der Waals surface area contributed by atoms with Crippen LogP contribution in [0.2, 0.25) is 0 Å². The molecule has 0 radical (unpaired) electrons. The Labute approximate surface area is 238 Å². The molecule has 42 heavy (non-hydrogen) atoms. The number of aliphatic hydroxyl groups is 1. The fraction of sp³-hybridized carbons (Fsp3) is 0.621. The summed E-state index contributed by atoms with van der Waals surface area (Å²) in [6, 6.07) is 0. The molecule has 0 bridgehead atoms. The van der Waals surface area contributed by atoms with Crippen molar-refractivity contribution in [2.24, 2.45) is 22.7 Å². The monoisotopic (exact) mass is 590 g/mol. The van der Waals surface area contributed by atoms with Crippen LogP contribution in [0, 0.1) is 28.5 Å². The number of alkyl halides is 1. The lowest BCUT2D eigenvalue weighted by Gasteiger charge is -2.62. The summed E-state index contributed by atoms with van der Waals surface area (Å²) in [6.45, 7) is 5.76. The van der Waals surface area contributed by atoms with Crippen LogP contribution in [0.4, 0.5) is 13.6 Å². The Morgan fingerprint density at radius 2 is 1.90 bits per heavy atom. The predicted molar refractivity (Wildman–Crippen MR) is 140 cm³/mol. The molecule has 0 spiro atoms. The zero-order valence-corrected chi connectivity index (χ0v) is 23.6. The van der Waals surface area contributed by atoms with Gasteiger partial charge in [0, 0.05) is 23.2 Å². The van der Waals surface area contributed by atoms with Crippen LogP contribution >= 0.6 is 0 Å². The van der Waals surface area contributed by atoms with Gasteiger partial charge in [-0.25, -0.2) is 18.5 Å². The van der Waals surface area contributed by atoms with E-state index in [0.29, 0.717) is 11.8 Å². The lowest BCUT2D eigenvalue weighted by atomic mass is 9.45. The average Bonchev–Trinajstić information content (AvgIpc) is 3.31. The van der Waals surface area contributed by atoms with Crippen LogP contribution in [0.1, 0.15) is 53.4 Å². The molecule has 1 aromatic rings. The highest BCUT2D eigenvalue weighted by molar-refractivity contribution is 5.94. The number of nitrogens with zero attached hydrogens (tertiary/aromatic N) is 1. The molecule has 1 saturated heterocycles. The normalized spacial score (nSPS) is 41.3. The number of carbonyl (C=O) groups is 3. The smallest absolute Gasteiger partial charge is 0.422 e. The van der Waals surface area contributed by atoms with Crippen molar-refractivity contribution in [3.05, 3.63) is 56.7 Å². The second-order valence-corrected chi connectivity index (χ2v) is 12.9. The maximum absolute atomic E-state index is 17.5. The zero-order valence-electron chi connectivity index (χ0n) is 23.6. The van der Waals surface area contributed by atoms with Gasteiger partial charge in [0.2, 0.25) is 11.6 Å². The number of carbonyl (C=O) groups excluding carboxylic acids is 3. The lowest BCUT2D eigenvalue weighted by molar-refractivity contribution is -0.243. The Hall–Kier alpha value is -3.29. The third-order valence-electron chi connectivity index (χ3n) is 10.4. The van der Waals surface area contributed by atoms with Gasteiger partial charge in [-0.2, -0.15) is 4.39 Å². The van der Waals surface area contributed by atoms with E-state index in [1.807, 2.05) is 6.08 Å². The van der Waals surface area contributed by atoms with Gasteiger partial charge in [-0.1, -0.05) is 24.6 Å². The van der Waals surface area contributed by atoms with Gasteiger partial charge in [-0.3, -0.25) is 19.4 Å². The van der Waals surface area contributed by atoms with Crippen LogP contribution in [-0.2, 0) is 23.8 Å². The van der Waals surface area contributed by atoms with E-state index >= 15 is 4.39 Å². The first-order valence-electron chi connectivity index (χ1n) is 13.9. The Bertz CT molecular complexity index is 1600. The first kappa shape index (κ1) is 28.8. The van der Waals surface area contributed by atoms with E-state index in [9.17, 15) is 33.5 Å². The molecule has 4 aliphatic carbocycles. The minimum atomic E-state index is -2.14. The minimum Gasteiger partial charge on any atom is -0.441 e. The molecule has 0 aromatic carbocycles. The first-order chi connectivity index (χ1) is 19.5. The topological polar surface area (TPSA) is 154 Å². The summed E-state index contributed by atoms with van der Waals surface area (Å²) < 4.78 is 49.0. The third kappa shape index (κ3) is 3.56. The van der Waals surface area contributed by atoms with Crippen molar-refractivity contribution in [2.75, 3.05) is 6.61 Å². The van der Waals surface area contributed by atoms with Gasteiger partial charge >= 0.3 is 11.8 Å². The molecule has 8 unspecified atom stereocenters. The Morgan fingerprint density at radius 3 is 2.62 bits per heavy atom. The first-order valence-corrected chi connectivity index (χ1v) is 13.9. The number of ether oxygens (including phenoxy) is 3. The molecule has 1 aliphatic heterocycles. The standard InChI is InChI=1S/C29H32F2N2O9/c1-25(2)41-21-10-17-16-6-5-14-9-15(34)7-8-26(14,3)28(16,31)19(35)11-27(17,4)29(21,42-25)20(36)13-40-24(39)33-12-18(30)22(37)32-23(33)38/h5,7-8,12,16-17,19,21,35H,6,9-11,13H2,1-4H3,(H,32,37,38). The van der Waals surface area contributed by atoms with Crippen LogP contribution < -0.4 is 11.2 Å². The van der Waals surface area contributed by atoms with Crippen LogP contribution in [-0.4, -0.2) is 68.2 Å². The molecule has 1 aromatic heterocycles. The second-order valence-electron chi connectivity index (χ2n) is 12.9. The molecular weight excluding hydrogens is 558 g/mol. The van der Waals surface area contributed by atoms with E-state index in [2.05, 4.69) is 0 Å². The minimum absolute atomic E-state index is 0.0686. The average molecular weight is 591 g/mol. The van der Waals surface area contributed by atoms with Gasteiger partial charge in [0.05, 0.1) is 18.4 Å². The highest BCUT2D eigenvalue weighted by Crippen LogP contribution is 2.71. The molecule has 3 fully saturated rings. The van der Waals surface area contributed by atoms with Crippen molar-refractivity contribution in [2.45, 2.75) is 82.6 Å². The van der Waals surface area contributed by atoms with Crippen molar-refractivity contribution in [3.8, 4) is 0 Å². The number of rotatable bonds is 3. The van der Waals surface area contributed by atoms with Crippen molar-refractivity contribution >= 4 is 17.7 Å². The van der Waals surface area contributed by atoms with E-state index in [1.165, 1.54) is 12.2 Å². The maximum Gasteiger partial charge on any atom is 0.422 e. The Balaban J connectivity index is 1.36. The number of aromatic amines is 1. The summed E-state index contributed by atoms with van der Waals surface area (Å²) in [7, 11) is 0. The molecule has 6 rings (SSSR count). The van der Waals surface area contributed by atoms with Crippen LogP contribution in [0.25, 0.3) is 0 Å². The van der Waals surface area contributed by atoms with Crippen molar-refractivity contribution in [1.82, 2.24) is 9.55 Å². The number of aliphatic hydroxyl groups excluding tert-OH is 1. The Morgan fingerprint density at radius 1 is 1.19 bits per heavy atom. The summed E-state index contributed by atoms with van der Waals surface area (Å²) in [4.78, 5) is 63.8. The number of nitrogens with one attached hydrogen (secondary N) is 1. The van der Waals surface area contributed by atoms with Gasteiger partial charge in [0.1, 0.15) is 0 Å². The van der Waals surface area contributed by atoms with Crippen molar-refractivity contribution in [3.63, 3.8) is 0 Å². The summed E-state index contributed by atoms with van der Waals surface area (Å²) in [5.74, 6) is -4.78. The molecule has 13 heteroatoms. The van der Waals surface area contributed by atoms with Crippen molar-refractivity contribution in [1.29, 1.82) is 0 Å². The SMILES string of the molecule is CC1(C)OC2CC3C4CC=C5CC(=O)C=CC5(C)C4(F)C(O)CC3(C)C2(C(=O)COC(=O)n2cc(F)c(=O)[nH]c2=O)O1. The Kier molecular flexibility index (Phi) is 6.08. The number of Topliss-reactive ketones (excluding diaryl/α,β-unsaturated/α-hetero) is 1. The predicted octanol–water partition coefficient (Wildman–Crippen LogP) is 2.10. The molecule has 5 aliphatic rings. The quantitative estimate of drug-likeness (QED) is 0.504. The van der Waals surface area contributed by atoms with Gasteiger partial charge in [0.15, 0.2) is 29.4 Å². The number of allylic oxidation sites excluding steroid dienone is 4. The van der Waals surface area contributed by atoms with Gasteiger partial charge in [0.25, 0.3) is 5.56 Å². The number of fused-ring (bicyclic) bond motifs is 7. The fourth-order valence-electron chi connectivity index (χ4n) is 8.60. The number of H-pyrrole nitrogens is 1.